The highest BCUT2D eigenvalue weighted by Gasteiger charge is 2.19. The molecule has 0 aliphatic rings. The van der Waals surface area contributed by atoms with E-state index >= 15 is 0 Å². The number of methoxy groups -OCH3 is 1. The predicted molar refractivity (Wildman–Crippen MR) is 110 cm³/mol. The molecule has 0 aliphatic heterocycles. The molecule has 1 atom stereocenters. The predicted octanol–water partition coefficient (Wildman–Crippen LogP) is 3.59. The van der Waals surface area contributed by atoms with Crippen molar-refractivity contribution in [1.82, 2.24) is 0 Å². The summed E-state index contributed by atoms with van der Waals surface area (Å²) < 4.78 is 15.7. The first-order chi connectivity index (χ1) is 14.3. The van der Waals surface area contributed by atoms with Crippen LogP contribution in [0.4, 0.5) is 11.4 Å². The minimum absolute atomic E-state index is 0.166. The average Bonchev–Trinajstić information content (AvgIpc) is 2.73. The number of ether oxygens (including phenoxy) is 3. The maximum atomic E-state index is 12.2. The van der Waals surface area contributed by atoms with E-state index in [-0.39, 0.29) is 11.4 Å². The lowest BCUT2D eigenvalue weighted by Crippen LogP contribution is -2.31. The number of carbonyl (C=O) groups excluding carboxylic acids is 2. The second-order valence-corrected chi connectivity index (χ2v) is 6.13. The Bertz CT molecular complexity index is 956. The zero-order chi connectivity index (χ0) is 22.1. The van der Waals surface area contributed by atoms with Gasteiger partial charge in [0.1, 0.15) is 0 Å². The smallest absolute Gasteiger partial charge is 0.344 e. The number of allylic oxidation sites excluding steroid dienone is 1. The first-order valence-electron chi connectivity index (χ1n) is 9.02. The van der Waals surface area contributed by atoms with Gasteiger partial charge in [-0.15, -0.1) is 0 Å². The summed E-state index contributed by atoms with van der Waals surface area (Å²) in [4.78, 5) is 34.4. The summed E-state index contributed by atoms with van der Waals surface area (Å²) >= 11 is 0. The van der Waals surface area contributed by atoms with Gasteiger partial charge < -0.3 is 19.5 Å². The molecule has 0 unspecified atom stereocenters. The van der Waals surface area contributed by atoms with Crippen LogP contribution in [0.15, 0.2) is 48.5 Å². The Hall–Kier alpha value is -3.88. The highest BCUT2D eigenvalue weighted by atomic mass is 16.6. The zero-order valence-corrected chi connectivity index (χ0v) is 16.8. The van der Waals surface area contributed by atoms with Crippen LogP contribution in [0.1, 0.15) is 19.4 Å². The number of hydrogen-bond donors (Lipinski definition) is 1. The number of rotatable bonds is 9. The minimum Gasteiger partial charge on any atom is -0.493 e. The second-order valence-electron chi connectivity index (χ2n) is 6.13. The highest BCUT2D eigenvalue weighted by molar-refractivity contribution is 5.95. The first-order valence-corrected chi connectivity index (χ1v) is 9.02. The van der Waals surface area contributed by atoms with Gasteiger partial charge >= 0.3 is 5.97 Å². The van der Waals surface area contributed by atoms with Crippen LogP contribution in [0.25, 0.3) is 6.08 Å². The standard InChI is InChI=1S/C21H22N2O7/c1-4-6-15-9-10-18(19(11-15)28-3)29-13-20(24)30-14(2)21(25)22-16-7-5-8-17(12-16)23(26)27/h4-12,14H,13H2,1-3H3,(H,22,25)/b6-4+/t14-/m1/s1. The Balaban J connectivity index is 1.90. The molecule has 0 fully saturated rings. The van der Waals surface area contributed by atoms with E-state index in [1.165, 1.54) is 38.3 Å². The summed E-state index contributed by atoms with van der Waals surface area (Å²) in [5.74, 6) is -0.570. The highest BCUT2D eigenvalue weighted by Crippen LogP contribution is 2.28. The molecule has 0 spiro atoms. The van der Waals surface area contributed by atoms with E-state index in [1.807, 2.05) is 19.1 Å². The molecule has 30 heavy (non-hydrogen) atoms. The summed E-state index contributed by atoms with van der Waals surface area (Å²) in [7, 11) is 1.49. The molecule has 0 bridgehead atoms. The van der Waals surface area contributed by atoms with Gasteiger partial charge in [-0.05, 0) is 37.6 Å². The van der Waals surface area contributed by atoms with E-state index < -0.39 is 29.5 Å². The summed E-state index contributed by atoms with van der Waals surface area (Å²) in [5, 5.41) is 13.3. The molecule has 158 valence electrons. The maximum absolute atomic E-state index is 12.2. The Morgan fingerprint density at radius 1 is 1.20 bits per heavy atom. The van der Waals surface area contributed by atoms with E-state index in [2.05, 4.69) is 5.32 Å². The van der Waals surface area contributed by atoms with Gasteiger partial charge in [0.15, 0.2) is 24.2 Å². The number of nitrogens with one attached hydrogen (secondary N) is 1. The van der Waals surface area contributed by atoms with Crippen molar-refractivity contribution in [2.24, 2.45) is 0 Å². The van der Waals surface area contributed by atoms with Crippen molar-refractivity contribution < 1.29 is 28.7 Å². The summed E-state index contributed by atoms with van der Waals surface area (Å²) in [6.45, 7) is 2.86. The SMILES string of the molecule is C/C=C/c1ccc(OCC(=O)O[C@H](C)C(=O)Nc2cccc([N+](=O)[O-])c2)c(OC)c1. The largest absolute Gasteiger partial charge is 0.493 e. The van der Waals surface area contributed by atoms with Crippen LogP contribution in [-0.4, -0.2) is 36.6 Å². The average molecular weight is 414 g/mol. The fourth-order valence-electron chi connectivity index (χ4n) is 2.46. The molecule has 0 saturated carbocycles. The first kappa shape index (κ1) is 22.4. The summed E-state index contributed by atoms with van der Waals surface area (Å²) in [5.41, 5.74) is 0.968. The number of hydrogen-bond acceptors (Lipinski definition) is 7. The normalized spacial score (nSPS) is 11.6. The fourth-order valence-corrected chi connectivity index (χ4v) is 2.46. The number of benzene rings is 2. The number of anilines is 1. The van der Waals surface area contributed by atoms with Crippen molar-refractivity contribution in [3.05, 3.63) is 64.2 Å². The molecule has 0 heterocycles. The molecule has 1 N–H and O–H groups in total. The topological polar surface area (TPSA) is 117 Å². The molecule has 1 amide bonds. The van der Waals surface area contributed by atoms with Crippen molar-refractivity contribution in [2.45, 2.75) is 20.0 Å². The van der Waals surface area contributed by atoms with Crippen LogP contribution in [0.5, 0.6) is 11.5 Å². The van der Waals surface area contributed by atoms with Gasteiger partial charge in [0.25, 0.3) is 11.6 Å². The lowest BCUT2D eigenvalue weighted by molar-refractivity contribution is -0.384. The van der Waals surface area contributed by atoms with E-state index in [9.17, 15) is 19.7 Å². The van der Waals surface area contributed by atoms with E-state index in [0.717, 1.165) is 5.56 Å². The van der Waals surface area contributed by atoms with Crippen molar-refractivity contribution in [3.63, 3.8) is 0 Å². The molecule has 0 aromatic heterocycles. The number of carbonyl (C=O) groups is 2. The maximum Gasteiger partial charge on any atom is 0.344 e. The van der Waals surface area contributed by atoms with Gasteiger partial charge in [-0.25, -0.2) is 4.79 Å². The molecule has 0 saturated heterocycles. The number of nitro groups is 1. The van der Waals surface area contributed by atoms with Gasteiger partial charge in [0.05, 0.1) is 12.0 Å². The van der Waals surface area contributed by atoms with Gasteiger partial charge in [0.2, 0.25) is 0 Å². The zero-order valence-electron chi connectivity index (χ0n) is 16.8. The van der Waals surface area contributed by atoms with Crippen LogP contribution < -0.4 is 14.8 Å². The fraction of sp³-hybridized carbons (Fsp3) is 0.238. The Morgan fingerprint density at radius 3 is 2.63 bits per heavy atom. The van der Waals surface area contributed by atoms with E-state index in [0.29, 0.717) is 11.5 Å². The van der Waals surface area contributed by atoms with Crippen molar-refractivity contribution in [2.75, 3.05) is 19.0 Å². The molecule has 2 rings (SSSR count). The van der Waals surface area contributed by atoms with E-state index in [4.69, 9.17) is 14.2 Å². The van der Waals surface area contributed by atoms with Gasteiger partial charge in [0, 0.05) is 17.8 Å². The van der Waals surface area contributed by atoms with Gasteiger partial charge in [-0.3, -0.25) is 14.9 Å². The number of nitrogens with zero attached hydrogens (tertiary/aromatic N) is 1. The lowest BCUT2D eigenvalue weighted by atomic mass is 10.2. The van der Waals surface area contributed by atoms with Gasteiger partial charge in [-0.1, -0.05) is 24.3 Å². The second kappa shape index (κ2) is 10.6. The molecule has 0 aliphatic carbocycles. The lowest BCUT2D eigenvalue weighted by Gasteiger charge is -2.15. The quantitative estimate of drug-likeness (QED) is 0.378. The van der Waals surface area contributed by atoms with Crippen LogP contribution >= 0.6 is 0 Å². The molecular weight excluding hydrogens is 392 g/mol. The van der Waals surface area contributed by atoms with Crippen LogP contribution in [0.3, 0.4) is 0 Å². The van der Waals surface area contributed by atoms with Crippen LogP contribution in [0, 0.1) is 10.1 Å². The minimum atomic E-state index is -1.13. The molecule has 2 aromatic carbocycles. The molecule has 2 aromatic rings. The Morgan fingerprint density at radius 2 is 1.97 bits per heavy atom. The number of esters is 1. The Labute approximate surface area is 173 Å². The molecule has 0 radical (unpaired) electrons. The van der Waals surface area contributed by atoms with Gasteiger partial charge in [-0.2, -0.15) is 0 Å². The number of non-ortho nitro benzene ring substituents is 1. The van der Waals surface area contributed by atoms with Crippen LogP contribution in [0.2, 0.25) is 0 Å². The van der Waals surface area contributed by atoms with Crippen molar-refractivity contribution >= 4 is 29.3 Å². The number of amides is 1. The summed E-state index contributed by atoms with van der Waals surface area (Å²) in [6.07, 6.45) is 2.65. The van der Waals surface area contributed by atoms with Crippen molar-refractivity contribution in [1.29, 1.82) is 0 Å². The van der Waals surface area contributed by atoms with Crippen molar-refractivity contribution in [3.8, 4) is 11.5 Å². The summed E-state index contributed by atoms with van der Waals surface area (Å²) in [6, 6.07) is 10.7. The monoisotopic (exact) mass is 414 g/mol. The molecular formula is C21H22N2O7. The third-order valence-electron chi connectivity index (χ3n) is 3.89. The Kier molecular flexibility index (Phi) is 7.92. The third kappa shape index (κ3) is 6.33. The number of nitro benzene ring substituents is 1. The molecule has 9 nitrogen and oxygen atoms in total. The van der Waals surface area contributed by atoms with E-state index in [1.54, 1.807) is 18.2 Å². The molecule has 9 heteroatoms. The van der Waals surface area contributed by atoms with Crippen LogP contribution in [-0.2, 0) is 14.3 Å². The third-order valence-corrected chi connectivity index (χ3v) is 3.89.